The number of aliphatic hydroxyl groups is 1. The third-order valence-electron chi connectivity index (χ3n) is 5.81. The highest BCUT2D eigenvalue weighted by Gasteiger charge is 2.46. The molecule has 37 heavy (non-hydrogen) atoms. The minimum absolute atomic E-state index is 0.0561. The van der Waals surface area contributed by atoms with Gasteiger partial charge in [-0.05, 0) is 86.2 Å². The molecule has 0 spiro atoms. The first-order chi connectivity index (χ1) is 17.5. The molecule has 3 N–H and O–H groups in total. The number of hydrogen-bond acceptors (Lipinski definition) is 5. The third kappa shape index (κ3) is 6.44. The smallest absolute Gasteiger partial charge is 0.335 e. The molecule has 1 amide bonds. The van der Waals surface area contributed by atoms with Crippen LogP contribution in [0.1, 0.15) is 58.8 Å². The van der Waals surface area contributed by atoms with Gasteiger partial charge < -0.3 is 24.8 Å². The van der Waals surface area contributed by atoms with E-state index in [9.17, 15) is 19.8 Å². The quantitative estimate of drug-likeness (QED) is 0.361. The van der Waals surface area contributed by atoms with E-state index in [-0.39, 0.29) is 35.4 Å². The Morgan fingerprint density at radius 2 is 1.78 bits per heavy atom. The van der Waals surface area contributed by atoms with Gasteiger partial charge >= 0.3 is 5.97 Å². The van der Waals surface area contributed by atoms with Gasteiger partial charge in [-0.1, -0.05) is 29.7 Å². The van der Waals surface area contributed by atoms with Crippen molar-refractivity contribution in [3.8, 4) is 17.6 Å². The van der Waals surface area contributed by atoms with Crippen LogP contribution in [0.2, 0.25) is 10.3 Å². The number of nitrogens with zero attached hydrogens (tertiary/aromatic N) is 2. The summed E-state index contributed by atoms with van der Waals surface area (Å²) in [6.07, 6.45) is 1.38. The maximum Gasteiger partial charge on any atom is 0.335 e. The van der Waals surface area contributed by atoms with E-state index in [1.54, 1.807) is 36.4 Å². The van der Waals surface area contributed by atoms with Crippen molar-refractivity contribution in [2.45, 2.75) is 44.4 Å². The lowest BCUT2D eigenvalue weighted by Gasteiger charge is -2.19. The van der Waals surface area contributed by atoms with E-state index >= 15 is 0 Å². The summed E-state index contributed by atoms with van der Waals surface area (Å²) in [6.45, 7) is 3.45. The average Bonchev–Trinajstić information content (AvgIpc) is 3.55. The molecule has 10 heteroatoms. The standard InChI is InChI=1S/C27H25Cl2N3O5/c1-26(2,36)12-11-21-22(32(25(29)30-21)15-16-37-20-9-7-19(28)8-10-20)23(33)31-27(13-14-27)18-5-3-17(4-6-18)24(34)35/h3-10,36H,13-16H2,1-2H3,(H,31,33)(H,34,35). The highest BCUT2D eigenvalue weighted by atomic mass is 35.5. The largest absolute Gasteiger partial charge is 0.492 e. The first kappa shape index (κ1) is 26.6. The third-order valence-corrected chi connectivity index (χ3v) is 6.35. The van der Waals surface area contributed by atoms with Crippen LogP contribution in [-0.4, -0.2) is 43.8 Å². The summed E-state index contributed by atoms with van der Waals surface area (Å²) in [5.41, 5.74) is -0.677. The summed E-state index contributed by atoms with van der Waals surface area (Å²) in [6, 6.07) is 13.3. The Morgan fingerprint density at radius 1 is 1.14 bits per heavy atom. The van der Waals surface area contributed by atoms with Crippen molar-refractivity contribution in [1.82, 2.24) is 14.9 Å². The number of ether oxygens (including phenoxy) is 1. The number of aromatic nitrogens is 2. The molecule has 1 aliphatic rings. The minimum atomic E-state index is -1.30. The van der Waals surface area contributed by atoms with Gasteiger partial charge in [0.25, 0.3) is 5.91 Å². The molecule has 4 rings (SSSR count). The Hall–Kier alpha value is -3.51. The summed E-state index contributed by atoms with van der Waals surface area (Å²) >= 11 is 12.3. The maximum atomic E-state index is 13.6. The van der Waals surface area contributed by atoms with Crippen LogP contribution < -0.4 is 10.1 Å². The van der Waals surface area contributed by atoms with Gasteiger partial charge in [0.2, 0.25) is 5.28 Å². The van der Waals surface area contributed by atoms with Crippen LogP contribution in [0.5, 0.6) is 5.75 Å². The van der Waals surface area contributed by atoms with E-state index < -0.39 is 23.0 Å². The topological polar surface area (TPSA) is 114 Å². The van der Waals surface area contributed by atoms with Crippen LogP contribution >= 0.6 is 23.2 Å². The fraction of sp³-hybridized carbons (Fsp3) is 0.296. The summed E-state index contributed by atoms with van der Waals surface area (Å²) in [5, 5.41) is 22.9. The molecular weight excluding hydrogens is 517 g/mol. The number of carboxylic acids is 1. The molecule has 0 saturated heterocycles. The zero-order chi connectivity index (χ0) is 26.8. The first-order valence-electron chi connectivity index (χ1n) is 11.5. The Balaban J connectivity index is 1.60. The summed E-state index contributed by atoms with van der Waals surface area (Å²) in [5.74, 6) is 4.61. The zero-order valence-electron chi connectivity index (χ0n) is 20.2. The second-order valence-corrected chi connectivity index (χ2v) is 10.0. The lowest BCUT2D eigenvalue weighted by Crippen LogP contribution is -2.36. The molecule has 3 aromatic rings. The van der Waals surface area contributed by atoms with E-state index in [1.807, 2.05) is 0 Å². The van der Waals surface area contributed by atoms with Gasteiger partial charge in [-0.3, -0.25) is 4.79 Å². The molecule has 8 nitrogen and oxygen atoms in total. The molecule has 1 saturated carbocycles. The predicted molar refractivity (Wildman–Crippen MR) is 139 cm³/mol. The number of nitrogens with one attached hydrogen (secondary N) is 1. The molecular formula is C27H25Cl2N3O5. The molecule has 0 unspecified atom stereocenters. The fourth-order valence-corrected chi connectivity index (χ4v) is 4.14. The number of amides is 1. The molecule has 1 aromatic heterocycles. The summed E-state index contributed by atoms with van der Waals surface area (Å²) < 4.78 is 7.29. The Labute approximate surface area is 224 Å². The van der Waals surface area contributed by atoms with Crippen molar-refractivity contribution >= 4 is 35.1 Å². The van der Waals surface area contributed by atoms with E-state index in [2.05, 4.69) is 22.1 Å². The van der Waals surface area contributed by atoms with Crippen molar-refractivity contribution in [2.24, 2.45) is 0 Å². The molecule has 2 aromatic carbocycles. The SMILES string of the molecule is CC(C)(O)C#Cc1nc(Cl)n(CCOc2ccc(Cl)cc2)c1C(=O)NC1(c2ccc(C(=O)O)cc2)CC1. The van der Waals surface area contributed by atoms with Gasteiger partial charge in [0.05, 0.1) is 17.6 Å². The van der Waals surface area contributed by atoms with Crippen molar-refractivity contribution < 1.29 is 24.5 Å². The Morgan fingerprint density at radius 3 is 2.35 bits per heavy atom. The van der Waals surface area contributed by atoms with Crippen molar-refractivity contribution in [1.29, 1.82) is 0 Å². The fourth-order valence-electron chi connectivity index (χ4n) is 3.76. The molecule has 1 heterocycles. The van der Waals surface area contributed by atoms with Crippen LogP contribution in [0.4, 0.5) is 0 Å². The number of carbonyl (C=O) groups is 2. The molecule has 0 radical (unpaired) electrons. The van der Waals surface area contributed by atoms with Crippen LogP contribution in [-0.2, 0) is 12.1 Å². The van der Waals surface area contributed by atoms with Crippen molar-refractivity contribution in [2.75, 3.05) is 6.61 Å². The van der Waals surface area contributed by atoms with E-state index in [0.717, 1.165) is 5.56 Å². The maximum absolute atomic E-state index is 13.6. The predicted octanol–water partition coefficient (Wildman–Crippen LogP) is 4.51. The highest BCUT2D eigenvalue weighted by molar-refractivity contribution is 6.30. The van der Waals surface area contributed by atoms with Crippen LogP contribution in [0.15, 0.2) is 48.5 Å². The van der Waals surface area contributed by atoms with Crippen LogP contribution in [0.25, 0.3) is 0 Å². The molecule has 0 aliphatic heterocycles. The zero-order valence-corrected chi connectivity index (χ0v) is 21.7. The van der Waals surface area contributed by atoms with Crippen LogP contribution in [0.3, 0.4) is 0 Å². The molecule has 192 valence electrons. The van der Waals surface area contributed by atoms with Gasteiger partial charge in [0.15, 0.2) is 0 Å². The van der Waals surface area contributed by atoms with Crippen molar-refractivity contribution in [3.63, 3.8) is 0 Å². The summed E-state index contributed by atoms with van der Waals surface area (Å²) in [4.78, 5) is 29.1. The van der Waals surface area contributed by atoms with Gasteiger partial charge in [-0.15, -0.1) is 0 Å². The molecule has 1 fully saturated rings. The summed E-state index contributed by atoms with van der Waals surface area (Å²) in [7, 11) is 0. The average molecular weight is 542 g/mol. The second-order valence-electron chi connectivity index (χ2n) is 9.26. The Kier molecular flexibility index (Phi) is 7.51. The number of carboxylic acid groups (broad SMARTS) is 1. The van der Waals surface area contributed by atoms with E-state index in [1.165, 1.54) is 30.5 Å². The van der Waals surface area contributed by atoms with Gasteiger partial charge in [-0.2, -0.15) is 0 Å². The number of carbonyl (C=O) groups excluding carboxylic acids is 1. The van der Waals surface area contributed by atoms with E-state index in [0.29, 0.717) is 23.6 Å². The monoisotopic (exact) mass is 541 g/mol. The normalized spacial score (nSPS) is 13.9. The van der Waals surface area contributed by atoms with Gasteiger partial charge in [0.1, 0.15) is 29.3 Å². The minimum Gasteiger partial charge on any atom is -0.492 e. The molecule has 0 atom stereocenters. The highest BCUT2D eigenvalue weighted by Crippen LogP contribution is 2.45. The van der Waals surface area contributed by atoms with Crippen molar-refractivity contribution in [3.05, 3.63) is 81.4 Å². The Bertz CT molecular complexity index is 1380. The number of hydrogen-bond donors (Lipinski definition) is 3. The number of halogens is 2. The number of aromatic carboxylic acids is 1. The van der Waals surface area contributed by atoms with Crippen LogP contribution in [0, 0.1) is 11.8 Å². The number of benzene rings is 2. The number of imidazole rings is 1. The van der Waals surface area contributed by atoms with Gasteiger partial charge in [-0.25, -0.2) is 9.78 Å². The van der Waals surface area contributed by atoms with E-state index in [4.69, 9.17) is 27.9 Å². The first-order valence-corrected chi connectivity index (χ1v) is 12.3. The van der Waals surface area contributed by atoms with Gasteiger partial charge in [0, 0.05) is 5.02 Å². The number of rotatable bonds is 8. The second kappa shape index (κ2) is 10.5. The molecule has 1 aliphatic carbocycles. The lowest BCUT2D eigenvalue weighted by atomic mass is 10.0. The molecule has 0 bridgehead atoms. The lowest BCUT2D eigenvalue weighted by molar-refractivity contribution is 0.0696.